The smallest absolute Gasteiger partial charge is 0.402 e. The van der Waals surface area contributed by atoms with Crippen LogP contribution in [0.15, 0.2) is 0 Å². The number of fused-ring (bicyclic) bond motifs is 2. The third-order valence-corrected chi connectivity index (χ3v) is 5.00. The van der Waals surface area contributed by atoms with Gasteiger partial charge >= 0.3 is 7.32 Å². The number of hydrogen-bond acceptors (Lipinski definition) is 3. The molecule has 3 atom stereocenters. The zero-order chi connectivity index (χ0) is 10.6. The van der Waals surface area contributed by atoms with Crippen LogP contribution in [0.4, 0.5) is 0 Å². The molecule has 0 spiro atoms. The molecule has 0 aromatic heterocycles. The molecule has 14 heavy (non-hydrogen) atoms. The summed E-state index contributed by atoms with van der Waals surface area (Å²) in [4.78, 5) is 0. The molecule has 2 rings (SSSR count). The quantitative estimate of drug-likeness (QED) is 0.655. The minimum atomic E-state index is -1.62. The second-order valence-electron chi connectivity index (χ2n) is 5.56. The lowest BCUT2D eigenvalue weighted by molar-refractivity contribution is 0.000848. The lowest BCUT2D eigenvalue weighted by Gasteiger charge is -2.39. The Hall–Kier alpha value is -0.0551. The van der Waals surface area contributed by atoms with E-state index in [2.05, 4.69) is 20.8 Å². The number of rotatable bonds is 2. The minimum absolute atomic E-state index is 0.0104. The Bertz CT molecular complexity index is 242. The molecule has 2 N–H and O–H groups in total. The largest absolute Gasteiger partial charge is 0.634 e. The summed E-state index contributed by atoms with van der Waals surface area (Å²) in [6, 6.07) is 0. The fourth-order valence-electron chi connectivity index (χ4n) is 3.48. The van der Waals surface area contributed by atoms with E-state index >= 15 is 0 Å². The molecule has 80 valence electrons. The van der Waals surface area contributed by atoms with Crippen LogP contribution in [-0.4, -0.2) is 23.5 Å². The maximum Gasteiger partial charge on any atom is 0.634 e. The fourth-order valence-corrected chi connectivity index (χ4v) is 3.48. The Labute approximate surface area is 85.6 Å². The molecule has 2 aliphatic rings. The Kier molecular flexibility index (Phi) is 2.22. The van der Waals surface area contributed by atoms with E-state index in [-0.39, 0.29) is 16.9 Å². The van der Waals surface area contributed by atoms with Crippen LogP contribution in [0.25, 0.3) is 0 Å². The average molecular weight is 198 g/mol. The lowest BCUT2D eigenvalue weighted by atomic mass is 9.70. The van der Waals surface area contributed by atoms with Crippen LogP contribution in [0.2, 0.25) is 0 Å². The maximum atomic E-state index is 8.86. The van der Waals surface area contributed by atoms with Gasteiger partial charge in [0.15, 0.2) is 0 Å². The first-order chi connectivity index (χ1) is 6.38. The highest BCUT2D eigenvalue weighted by molar-refractivity contribution is 6.32. The summed E-state index contributed by atoms with van der Waals surface area (Å²) in [5, 5.41) is 17.7. The van der Waals surface area contributed by atoms with Crippen LogP contribution in [-0.2, 0) is 4.65 Å². The van der Waals surface area contributed by atoms with Crippen molar-refractivity contribution < 1.29 is 14.7 Å². The first-order valence-electron chi connectivity index (χ1n) is 5.39. The Morgan fingerprint density at radius 1 is 1.29 bits per heavy atom. The topological polar surface area (TPSA) is 49.7 Å². The predicted molar refractivity (Wildman–Crippen MR) is 54.3 cm³/mol. The Morgan fingerprint density at radius 2 is 1.93 bits per heavy atom. The van der Waals surface area contributed by atoms with Gasteiger partial charge in [-0.1, -0.05) is 20.8 Å². The van der Waals surface area contributed by atoms with Crippen LogP contribution >= 0.6 is 0 Å². The van der Waals surface area contributed by atoms with Crippen molar-refractivity contribution in [2.45, 2.75) is 46.1 Å². The van der Waals surface area contributed by atoms with E-state index < -0.39 is 7.32 Å². The molecule has 0 aromatic carbocycles. The molecule has 0 aromatic rings. The molecule has 0 saturated heterocycles. The zero-order valence-electron chi connectivity index (χ0n) is 9.16. The van der Waals surface area contributed by atoms with Crippen molar-refractivity contribution >= 4 is 7.32 Å². The summed E-state index contributed by atoms with van der Waals surface area (Å²) < 4.78 is 5.19. The van der Waals surface area contributed by atoms with E-state index in [4.69, 9.17) is 14.7 Å². The van der Waals surface area contributed by atoms with Crippen molar-refractivity contribution in [3.05, 3.63) is 0 Å². The van der Waals surface area contributed by atoms with E-state index in [9.17, 15) is 0 Å². The normalized spacial score (nSPS) is 44.4. The van der Waals surface area contributed by atoms with Gasteiger partial charge in [-0.05, 0) is 36.0 Å². The van der Waals surface area contributed by atoms with E-state index in [0.29, 0.717) is 5.92 Å². The second-order valence-corrected chi connectivity index (χ2v) is 5.56. The molecule has 0 heterocycles. The molecular weight excluding hydrogens is 179 g/mol. The highest BCUT2D eigenvalue weighted by Crippen LogP contribution is 2.66. The Morgan fingerprint density at radius 3 is 2.29 bits per heavy atom. The third-order valence-electron chi connectivity index (χ3n) is 5.00. The van der Waals surface area contributed by atoms with Gasteiger partial charge in [0.1, 0.15) is 0 Å². The summed E-state index contributed by atoms with van der Waals surface area (Å²) in [6.45, 7) is 6.77. The van der Waals surface area contributed by atoms with Crippen molar-refractivity contribution in [1.29, 1.82) is 0 Å². The highest BCUT2D eigenvalue weighted by atomic mass is 16.6. The summed E-state index contributed by atoms with van der Waals surface area (Å²) >= 11 is 0. The average Bonchev–Trinajstić information content (AvgIpc) is 2.35. The summed E-state index contributed by atoms with van der Waals surface area (Å²) in [6.07, 6.45) is 3.38. The van der Waals surface area contributed by atoms with Gasteiger partial charge in [-0.2, -0.15) is 0 Å². The van der Waals surface area contributed by atoms with Gasteiger partial charge in [0, 0.05) is 0 Å². The molecule has 2 saturated carbocycles. The van der Waals surface area contributed by atoms with Gasteiger partial charge in [-0.15, -0.1) is 0 Å². The van der Waals surface area contributed by atoms with E-state index in [1.165, 1.54) is 6.42 Å². The summed E-state index contributed by atoms with van der Waals surface area (Å²) in [5.41, 5.74) is 0.383. The van der Waals surface area contributed by atoms with Gasteiger partial charge in [0.05, 0.1) is 6.10 Å². The Balaban J connectivity index is 2.19. The number of hydrogen-bond donors (Lipinski definition) is 2. The monoisotopic (exact) mass is 198 g/mol. The second kappa shape index (κ2) is 2.97. The first-order valence-corrected chi connectivity index (χ1v) is 5.39. The van der Waals surface area contributed by atoms with Crippen LogP contribution in [0.5, 0.6) is 0 Å². The lowest BCUT2D eigenvalue weighted by Crippen LogP contribution is -2.40. The minimum Gasteiger partial charge on any atom is -0.402 e. The van der Waals surface area contributed by atoms with Crippen molar-refractivity contribution in [2.75, 3.05) is 0 Å². The standard InChI is InChI=1S/C10H19BO3/c1-9(2)7-4-5-10(9,3)8(6-7)14-11(12)13/h7-8,12-13H,4-6H2,1-3H3. The maximum absolute atomic E-state index is 8.86. The van der Waals surface area contributed by atoms with Gasteiger partial charge in [-0.3, -0.25) is 0 Å². The van der Waals surface area contributed by atoms with Gasteiger partial charge in [0.25, 0.3) is 0 Å². The van der Waals surface area contributed by atoms with Crippen LogP contribution in [0.3, 0.4) is 0 Å². The third kappa shape index (κ3) is 1.17. The van der Waals surface area contributed by atoms with Crippen molar-refractivity contribution in [3.8, 4) is 0 Å². The van der Waals surface area contributed by atoms with Crippen molar-refractivity contribution in [2.24, 2.45) is 16.7 Å². The fraction of sp³-hybridized carbons (Fsp3) is 1.00. The summed E-state index contributed by atoms with van der Waals surface area (Å²) in [5.74, 6) is 0.677. The van der Waals surface area contributed by atoms with Gasteiger partial charge in [-0.25, -0.2) is 0 Å². The van der Waals surface area contributed by atoms with Crippen LogP contribution in [0, 0.1) is 16.7 Å². The van der Waals surface area contributed by atoms with Crippen LogP contribution in [0.1, 0.15) is 40.0 Å². The van der Waals surface area contributed by atoms with Crippen molar-refractivity contribution in [3.63, 3.8) is 0 Å². The van der Waals surface area contributed by atoms with Crippen LogP contribution < -0.4 is 0 Å². The molecule has 2 fully saturated rings. The van der Waals surface area contributed by atoms with Crippen molar-refractivity contribution in [1.82, 2.24) is 0 Å². The van der Waals surface area contributed by atoms with Gasteiger partial charge < -0.3 is 14.7 Å². The highest BCUT2D eigenvalue weighted by Gasteiger charge is 2.62. The van der Waals surface area contributed by atoms with E-state index in [1.807, 2.05) is 0 Å². The molecule has 2 aliphatic carbocycles. The molecule has 2 bridgehead atoms. The first kappa shape index (κ1) is 10.5. The van der Waals surface area contributed by atoms with E-state index in [0.717, 1.165) is 12.8 Å². The molecule has 0 radical (unpaired) electrons. The molecule has 0 amide bonds. The molecule has 3 nitrogen and oxygen atoms in total. The predicted octanol–water partition coefficient (Wildman–Crippen LogP) is 1.19. The molecule has 0 aliphatic heterocycles. The molecule has 3 unspecified atom stereocenters. The molecule has 4 heteroatoms. The van der Waals surface area contributed by atoms with Gasteiger partial charge in [0.2, 0.25) is 0 Å². The zero-order valence-corrected chi connectivity index (χ0v) is 9.16. The SMILES string of the molecule is CC1(C)C2CCC1(C)C(OB(O)O)C2. The van der Waals surface area contributed by atoms with E-state index in [1.54, 1.807) is 0 Å². The molecular formula is C10H19BO3. The summed E-state index contributed by atoms with van der Waals surface area (Å²) in [7, 11) is -1.62.